The van der Waals surface area contributed by atoms with Gasteiger partial charge in [-0.2, -0.15) is 5.10 Å². The Labute approximate surface area is 167 Å². The number of ether oxygens (including phenoxy) is 2. The van der Waals surface area contributed by atoms with Crippen molar-refractivity contribution in [1.82, 2.24) is 9.78 Å². The Bertz CT molecular complexity index is 1150. The second-order valence-corrected chi connectivity index (χ2v) is 7.42. The largest absolute Gasteiger partial charge is 0.454 e. The third kappa shape index (κ3) is 3.59. The summed E-state index contributed by atoms with van der Waals surface area (Å²) in [6.07, 6.45) is 0. The predicted octanol–water partition coefficient (Wildman–Crippen LogP) is 3.32. The molecule has 1 aliphatic rings. The van der Waals surface area contributed by atoms with Gasteiger partial charge in [-0.1, -0.05) is 12.1 Å². The van der Waals surface area contributed by atoms with E-state index >= 15 is 0 Å². The quantitative estimate of drug-likeness (QED) is 0.738. The van der Waals surface area contributed by atoms with E-state index in [0.717, 1.165) is 11.1 Å². The third-order valence-electron chi connectivity index (χ3n) is 4.83. The Kier molecular flexibility index (Phi) is 4.58. The molecule has 1 amide bonds. The van der Waals surface area contributed by atoms with Gasteiger partial charge in [-0.25, -0.2) is 4.68 Å². The van der Waals surface area contributed by atoms with Gasteiger partial charge >= 0.3 is 0 Å². The number of aryl methyl sites for hydroxylation is 1. The van der Waals surface area contributed by atoms with Gasteiger partial charge in [-0.05, 0) is 62.7 Å². The Morgan fingerprint density at radius 3 is 2.66 bits per heavy atom. The highest BCUT2D eigenvalue weighted by molar-refractivity contribution is 5.96. The summed E-state index contributed by atoms with van der Waals surface area (Å²) in [5, 5.41) is 7.33. The van der Waals surface area contributed by atoms with Crippen molar-refractivity contribution in [1.29, 1.82) is 0 Å². The van der Waals surface area contributed by atoms with E-state index in [4.69, 9.17) is 9.47 Å². The standard InChI is InChI=1S/C22H21N3O4/c1-14-5-4-6-16(11-14)23-21(27)22(2,3)25-20(26)10-8-17(24-25)15-7-9-18-19(12-15)29-13-28-18/h4-12H,13H2,1-3H3,(H,23,27). The lowest BCUT2D eigenvalue weighted by Crippen LogP contribution is -2.47. The minimum absolute atomic E-state index is 0.178. The van der Waals surface area contributed by atoms with Crippen LogP contribution in [0.4, 0.5) is 5.69 Å². The molecule has 0 fully saturated rings. The fourth-order valence-corrected chi connectivity index (χ4v) is 3.12. The Morgan fingerprint density at radius 1 is 1.07 bits per heavy atom. The molecule has 2 aromatic carbocycles. The number of nitrogens with one attached hydrogen (secondary N) is 1. The minimum atomic E-state index is -1.20. The van der Waals surface area contributed by atoms with Crippen molar-refractivity contribution in [3.8, 4) is 22.8 Å². The molecule has 7 nitrogen and oxygen atoms in total. The third-order valence-corrected chi connectivity index (χ3v) is 4.83. The molecule has 2 heterocycles. The maximum atomic E-state index is 13.0. The lowest BCUT2D eigenvalue weighted by molar-refractivity contribution is -0.123. The van der Waals surface area contributed by atoms with Crippen LogP contribution in [0.1, 0.15) is 19.4 Å². The van der Waals surface area contributed by atoms with Gasteiger partial charge in [0.05, 0.1) is 5.69 Å². The number of nitrogens with zero attached hydrogens (tertiary/aromatic N) is 2. The van der Waals surface area contributed by atoms with E-state index in [0.29, 0.717) is 22.9 Å². The number of rotatable bonds is 4. The Hall–Kier alpha value is -3.61. The first-order chi connectivity index (χ1) is 13.8. The molecule has 148 valence electrons. The molecular formula is C22H21N3O4. The molecule has 0 radical (unpaired) electrons. The zero-order valence-electron chi connectivity index (χ0n) is 16.4. The van der Waals surface area contributed by atoms with Crippen molar-refractivity contribution in [2.24, 2.45) is 0 Å². The van der Waals surface area contributed by atoms with Crippen LogP contribution in [0, 0.1) is 6.92 Å². The van der Waals surface area contributed by atoms with E-state index in [1.807, 2.05) is 31.2 Å². The molecule has 29 heavy (non-hydrogen) atoms. The molecule has 0 bridgehead atoms. The van der Waals surface area contributed by atoms with Gasteiger partial charge in [-0.15, -0.1) is 0 Å². The lowest BCUT2D eigenvalue weighted by Gasteiger charge is -2.25. The molecule has 0 saturated heterocycles. The molecule has 1 aromatic heterocycles. The lowest BCUT2D eigenvalue weighted by atomic mass is 10.0. The number of fused-ring (bicyclic) bond motifs is 1. The van der Waals surface area contributed by atoms with Gasteiger partial charge in [0.15, 0.2) is 11.5 Å². The topological polar surface area (TPSA) is 82.5 Å². The van der Waals surface area contributed by atoms with Crippen LogP contribution in [0.2, 0.25) is 0 Å². The van der Waals surface area contributed by atoms with Crippen LogP contribution in [-0.2, 0) is 10.3 Å². The SMILES string of the molecule is Cc1cccc(NC(=O)C(C)(C)n2nc(-c3ccc4c(c3)OCO4)ccc2=O)c1. The van der Waals surface area contributed by atoms with E-state index in [9.17, 15) is 9.59 Å². The smallest absolute Gasteiger partial charge is 0.267 e. The van der Waals surface area contributed by atoms with Gasteiger partial charge in [0.1, 0.15) is 5.54 Å². The monoisotopic (exact) mass is 391 g/mol. The molecule has 3 aromatic rings. The molecule has 0 unspecified atom stereocenters. The van der Waals surface area contributed by atoms with Crippen LogP contribution in [-0.4, -0.2) is 22.5 Å². The summed E-state index contributed by atoms with van der Waals surface area (Å²) in [6.45, 7) is 5.45. The van der Waals surface area contributed by atoms with Crippen LogP contribution in [0.15, 0.2) is 59.4 Å². The van der Waals surface area contributed by atoms with Crippen molar-refractivity contribution in [3.05, 3.63) is 70.5 Å². The van der Waals surface area contributed by atoms with Gasteiger partial charge in [0, 0.05) is 17.3 Å². The highest BCUT2D eigenvalue weighted by Gasteiger charge is 2.32. The minimum Gasteiger partial charge on any atom is -0.454 e. The highest BCUT2D eigenvalue weighted by atomic mass is 16.7. The van der Waals surface area contributed by atoms with Crippen molar-refractivity contribution in [2.45, 2.75) is 26.3 Å². The normalized spacial score (nSPS) is 12.7. The predicted molar refractivity (Wildman–Crippen MR) is 109 cm³/mol. The number of anilines is 1. The summed E-state index contributed by atoms with van der Waals surface area (Å²) in [5.41, 5.74) is 1.45. The van der Waals surface area contributed by atoms with E-state index in [1.54, 1.807) is 38.1 Å². The van der Waals surface area contributed by atoms with E-state index < -0.39 is 5.54 Å². The molecule has 1 aliphatic heterocycles. The average molecular weight is 391 g/mol. The molecule has 0 aliphatic carbocycles. The summed E-state index contributed by atoms with van der Waals surface area (Å²) in [5.74, 6) is 0.957. The summed E-state index contributed by atoms with van der Waals surface area (Å²) in [4.78, 5) is 25.5. The first kappa shape index (κ1) is 18.7. The maximum absolute atomic E-state index is 13.0. The van der Waals surface area contributed by atoms with Crippen LogP contribution < -0.4 is 20.3 Å². The molecule has 4 rings (SSSR count). The maximum Gasteiger partial charge on any atom is 0.267 e. The summed E-state index contributed by atoms with van der Waals surface area (Å²) in [7, 11) is 0. The first-order valence-corrected chi connectivity index (χ1v) is 9.23. The van der Waals surface area contributed by atoms with Crippen LogP contribution >= 0.6 is 0 Å². The van der Waals surface area contributed by atoms with Gasteiger partial charge in [0.2, 0.25) is 6.79 Å². The summed E-state index contributed by atoms with van der Waals surface area (Å²) in [6, 6.07) is 16.0. The van der Waals surface area contributed by atoms with Crippen LogP contribution in [0.5, 0.6) is 11.5 Å². The zero-order valence-corrected chi connectivity index (χ0v) is 16.4. The van der Waals surface area contributed by atoms with Crippen molar-refractivity contribution in [3.63, 3.8) is 0 Å². The van der Waals surface area contributed by atoms with Crippen molar-refractivity contribution < 1.29 is 14.3 Å². The van der Waals surface area contributed by atoms with Crippen molar-refractivity contribution >= 4 is 11.6 Å². The van der Waals surface area contributed by atoms with E-state index in [-0.39, 0.29) is 18.3 Å². The molecule has 0 atom stereocenters. The molecular weight excluding hydrogens is 370 g/mol. The van der Waals surface area contributed by atoms with Crippen LogP contribution in [0.3, 0.4) is 0 Å². The second-order valence-electron chi connectivity index (χ2n) is 7.42. The molecule has 0 saturated carbocycles. The fraction of sp³-hybridized carbons (Fsp3) is 0.227. The molecule has 7 heteroatoms. The molecule has 1 N–H and O–H groups in total. The van der Waals surface area contributed by atoms with Crippen LogP contribution in [0.25, 0.3) is 11.3 Å². The first-order valence-electron chi connectivity index (χ1n) is 9.23. The Morgan fingerprint density at radius 2 is 1.86 bits per heavy atom. The number of aromatic nitrogens is 2. The summed E-state index contributed by atoms with van der Waals surface area (Å²) >= 11 is 0. The number of amides is 1. The van der Waals surface area contributed by atoms with Crippen molar-refractivity contribution in [2.75, 3.05) is 12.1 Å². The second kappa shape index (κ2) is 7.09. The molecule has 0 spiro atoms. The fourth-order valence-electron chi connectivity index (χ4n) is 3.12. The Balaban J connectivity index is 1.67. The van der Waals surface area contributed by atoms with E-state index in [2.05, 4.69) is 10.4 Å². The van der Waals surface area contributed by atoms with Gasteiger partial charge in [-0.3, -0.25) is 9.59 Å². The number of hydrogen-bond acceptors (Lipinski definition) is 5. The zero-order chi connectivity index (χ0) is 20.6. The van der Waals surface area contributed by atoms with Gasteiger partial charge in [0.25, 0.3) is 11.5 Å². The summed E-state index contributed by atoms with van der Waals surface area (Å²) < 4.78 is 12.0. The van der Waals surface area contributed by atoms with Gasteiger partial charge < -0.3 is 14.8 Å². The number of hydrogen-bond donors (Lipinski definition) is 1. The van der Waals surface area contributed by atoms with E-state index in [1.165, 1.54) is 10.7 Å². The number of carbonyl (C=O) groups excluding carboxylic acids is 1. The number of carbonyl (C=O) groups is 1. The number of benzene rings is 2. The average Bonchev–Trinajstić information content (AvgIpc) is 3.16. The highest BCUT2D eigenvalue weighted by Crippen LogP contribution is 2.35.